The van der Waals surface area contributed by atoms with Gasteiger partial charge in [0, 0.05) is 18.2 Å². The maximum atomic E-state index is 9.85. The Morgan fingerprint density at radius 3 is 2.75 bits per heavy atom. The SMILES string of the molecule is COc1ccc(CNCCCN2CCCCC2)c(O)c1. The van der Waals surface area contributed by atoms with E-state index in [1.54, 1.807) is 13.2 Å². The van der Waals surface area contributed by atoms with E-state index in [1.807, 2.05) is 12.1 Å². The minimum atomic E-state index is 0.299. The summed E-state index contributed by atoms with van der Waals surface area (Å²) < 4.78 is 5.07. The molecule has 1 aromatic rings. The molecular weight excluding hydrogens is 252 g/mol. The zero-order valence-corrected chi connectivity index (χ0v) is 12.4. The second-order valence-electron chi connectivity index (χ2n) is 5.43. The summed E-state index contributed by atoms with van der Waals surface area (Å²) >= 11 is 0. The molecule has 2 rings (SSSR count). The van der Waals surface area contributed by atoms with Crippen molar-refractivity contribution in [2.45, 2.75) is 32.2 Å². The Morgan fingerprint density at radius 2 is 2.05 bits per heavy atom. The number of rotatable bonds is 7. The Morgan fingerprint density at radius 1 is 1.25 bits per heavy atom. The number of phenols is 1. The van der Waals surface area contributed by atoms with Crippen LogP contribution >= 0.6 is 0 Å². The summed E-state index contributed by atoms with van der Waals surface area (Å²) in [6.45, 7) is 5.40. The van der Waals surface area contributed by atoms with E-state index in [2.05, 4.69) is 10.2 Å². The molecule has 0 radical (unpaired) electrons. The molecule has 0 atom stereocenters. The lowest BCUT2D eigenvalue weighted by molar-refractivity contribution is 0.225. The van der Waals surface area contributed by atoms with Crippen LogP contribution in [-0.4, -0.2) is 43.3 Å². The van der Waals surface area contributed by atoms with Crippen molar-refractivity contribution in [2.75, 3.05) is 33.3 Å². The molecule has 0 unspecified atom stereocenters. The second kappa shape index (κ2) is 8.12. The molecule has 1 aliphatic rings. The average molecular weight is 278 g/mol. The largest absolute Gasteiger partial charge is 0.507 e. The quantitative estimate of drug-likeness (QED) is 0.752. The minimum absolute atomic E-state index is 0.299. The molecule has 1 saturated heterocycles. The molecule has 1 heterocycles. The molecule has 0 bridgehead atoms. The zero-order valence-electron chi connectivity index (χ0n) is 12.4. The highest BCUT2D eigenvalue weighted by Crippen LogP contribution is 2.23. The Labute approximate surface area is 121 Å². The van der Waals surface area contributed by atoms with Gasteiger partial charge in [0.05, 0.1) is 7.11 Å². The molecule has 0 aromatic heterocycles. The highest BCUT2D eigenvalue weighted by Gasteiger charge is 2.08. The number of benzene rings is 1. The molecule has 0 amide bonds. The van der Waals surface area contributed by atoms with Crippen LogP contribution in [0.5, 0.6) is 11.5 Å². The van der Waals surface area contributed by atoms with Crippen molar-refractivity contribution in [1.82, 2.24) is 10.2 Å². The van der Waals surface area contributed by atoms with E-state index < -0.39 is 0 Å². The summed E-state index contributed by atoms with van der Waals surface area (Å²) in [5, 5.41) is 13.2. The van der Waals surface area contributed by atoms with Crippen LogP contribution in [0.2, 0.25) is 0 Å². The van der Waals surface area contributed by atoms with Gasteiger partial charge < -0.3 is 20.1 Å². The van der Waals surface area contributed by atoms with Crippen LogP contribution in [-0.2, 0) is 6.54 Å². The van der Waals surface area contributed by atoms with Crippen LogP contribution in [0.1, 0.15) is 31.2 Å². The topological polar surface area (TPSA) is 44.7 Å². The van der Waals surface area contributed by atoms with Gasteiger partial charge in [0.1, 0.15) is 11.5 Å². The number of nitrogens with one attached hydrogen (secondary N) is 1. The Kier molecular flexibility index (Phi) is 6.15. The van der Waals surface area contributed by atoms with Gasteiger partial charge >= 0.3 is 0 Å². The van der Waals surface area contributed by atoms with Gasteiger partial charge in [-0.3, -0.25) is 0 Å². The number of hydrogen-bond donors (Lipinski definition) is 2. The van der Waals surface area contributed by atoms with E-state index in [0.717, 1.165) is 18.5 Å². The van der Waals surface area contributed by atoms with Crippen molar-refractivity contribution >= 4 is 0 Å². The van der Waals surface area contributed by atoms with Crippen molar-refractivity contribution in [2.24, 2.45) is 0 Å². The van der Waals surface area contributed by atoms with Crippen LogP contribution in [0, 0.1) is 0 Å². The van der Waals surface area contributed by atoms with Gasteiger partial charge in [0.15, 0.2) is 0 Å². The predicted molar refractivity (Wildman–Crippen MR) is 81.3 cm³/mol. The minimum Gasteiger partial charge on any atom is -0.507 e. The first-order valence-electron chi connectivity index (χ1n) is 7.58. The van der Waals surface area contributed by atoms with Crippen LogP contribution in [0.25, 0.3) is 0 Å². The van der Waals surface area contributed by atoms with Gasteiger partial charge in [-0.1, -0.05) is 12.5 Å². The standard InChI is InChI=1S/C16H26N2O2/c1-20-15-7-6-14(16(19)12-15)13-17-8-5-11-18-9-3-2-4-10-18/h6-7,12,17,19H,2-5,8-11,13H2,1H3. The molecule has 1 aromatic carbocycles. The van der Waals surface area contributed by atoms with Gasteiger partial charge in [-0.2, -0.15) is 0 Å². The number of phenolic OH excluding ortho intramolecular Hbond substituents is 1. The number of nitrogens with zero attached hydrogens (tertiary/aromatic N) is 1. The highest BCUT2D eigenvalue weighted by molar-refractivity contribution is 5.39. The molecule has 4 nitrogen and oxygen atoms in total. The van der Waals surface area contributed by atoms with Crippen molar-refractivity contribution in [3.63, 3.8) is 0 Å². The van der Waals surface area contributed by atoms with Gasteiger partial charge in [-0.15, -0.1) is 0 Å². The number of aromatic hydroxyl groups is 1. The Bertz CT molecular complexity index is 403. The third-order valence-corrected chi connectivity index (χ3v) is 3.88. The highest BCUT2D eigenvalue weighted by atomic mass is 16.5. The predicted octanol–water partition coefficient (Wildman–Crippen LogP) is 2.37. The van der Waals surface area contributed by atoms with Crippen molar-refractivity contribution in [3.8, 4) is 11.5 Å². The lowest BCUT2D eigenvalue weighted by atomic mass is 10.1. The summed E-state index contributed by atoms with van der Waals surface area (Å²) in [4.78, 5) is 2.55. The maximum Gasteiger partial charge on any atom is 0.123 e. The molecular formula is C16H26N2O2. The van der Waals surface area contributed by atoms with E-state index in [-0.39, 0.29) is 0 Å². The molecule has 2 N–H and O–H groups in total. The fourth-order valence-corrected chi connectivity index (χ4v) is 2.65. The van der Waals surface area contributed by atoms with Crippen molar-refractivity contribution < 1.29 is 9.84 Å². The lowest BCUT2D eigenvalue weighted by Gasteiger charge is -2.26. The number of hydrogen-bond acceptors (Lipinski definition) is 4. The summed E-state index contributed by atoms with van der Waals surface area (Å²) in [5.74, 6) is 0.990. The summed E-state index contributed by atoms with van der Waals surface area (Å²) in [6, 6.07) is 5.45. The van der Waals surface area contributed by atoms with Crippen LogP contribution in [0.15, 0.2) is 18.2 Å². The third-order valence-electron chi connectivity index (χ3n) is 3.88. The fraction of sp³-hybridized carbons (Fsp3) is 0.625. The molecule has 1 aliphatic heterocycles. The van der Waals surface area contributed by atoms with Crippen molar-refractivity contribution in [3.05, 3.63) is 23.8 Å². The second-order valence-corrected chi connectivity index (χ2v) is 5.43. The van der Waals surface area contributed by atoms with E-state index in [1.165, 1.54) is 38.9 Å². The molecule has 112 valence electrons. The number of piperidine rings is 1. The van der Waals surface area contributed by atoms with E-state index in [0.29, 0.717) is 18.0 Å². The smallest absolute Gasteiger partial charge is 0.123 e. The van der Waals surface area contributed by atoms with Crippen molar-refractivity contribution in [1.29, 1.82) is 0 Å². The Hall–Kier alpha value is -1.26. The molecule has 1 fully saturated rings. The first-order valence-corrected chi connectivity index (χ1v) is 7.58. The molecule has 4 heteroatoms. The zero-order chi connectivity index (χ0) is 14.2. The van der Waals surface area contributed by atoms with Gasteiger partial charge in [-0.05, 0) is 51.5 Å². The van der Waals surface area contributed by atoms with Gasteiger partial charge in [-0.25, -0.2) is 0 Å². The van der Waals surface area contributed by atoms with Gasteiger partial charge in [0.2, 0.25) is 0 Å². The van der Waals surface area contributed by atoms with E-state index in [4.69, 9.17) is 4.74 Å². The van der Waals surface area contributed by atoms with E-state index in [9.17, 15) is 5.11 Å². The first-order chi connectivity index (χ1) is 9.79. The first kappa shape index (κ1) is 15.1. The summed E-state index contributed by atoms with van der Waals surface area (Å²) in [5.41, 5.74) is 0.920. The van der Waals surface area contributed by atoms with E-state index >= 15 is 0 Å². The van der Waals surface area contributed by atoms with Crippen LogP contribution in [0.4, 0.5) is 0 Å². The normalized spacial score (nSPS) is 16.2. The summed E-state index contributed by atoms with van der Waals surface area (Å²) in [6.07, 6.45) is 5.27. The average Bonchev–Trinajstić information content (AvgIpc) is 2.49. The summed E-state index contributed by atoms with van der Waals surface area (Å²) in [7, 11) is 1.60. The maximum absolute atomic E-state index is 9.85. The lowest BCUT2D eigenvalue weighted by Crippen LogP contribution is -2.32. The number of methoxy groups -OCH3 is 1. The molecule has 0 spiro atoms. The number of likely N-dealkylation sites (tertiary alicyclic amines) is 1. The number of ether oxygens (including phenoxy) is 1. The van der Waals surface area contributed by atoms with Crippen LogP contribution < -0.4 is 10.1 Å². The third kappa shape index (κ3) is 4.69. The fourth-order valence-electron chi connectivity index (χ4n) is 2.65. The van der Waals surface area contributed by atoms with Crippen LogP contribution in [0.3, 0.4) is 0 Å². The monoisotopic (exact) mass is 278 g/mol. The molecule has 0 aliphatic carbocycles. The molecule has 20 heavy (non-hydrogen) atoms. The van der Waals surface area contributed by atoms with Gasteiger partial charge in [0.25, 0.3) is 0 Å². The molecule has 0 saturated carbocycles. The Balaban J connectivity index is 1.63.